The van der Waals surface area contributed by atoms with Gasteiger partial charge in [-0.15, -0.1) is 0 Å². The van der Waals surface area contributed by atoms with Crippen LogP contribution in [0.15, 0.2) is 30.3 Å². The van der Waals surface area contributed by atoms with E-state index in [4.69, 9.17) is 5.73 Å². The van der Waals surface area contributed by atoms with Crippen LogP contribution in [0.4, 0.5) is 0 Å². The van der Waals surface area contributed by atoms with Gasteiger partial charge in [0.1, 0.15) is 0 Å². The molecule has 1 rings (SSSR count). The topological polar surface area (TPSA) is 26.0 Å². The number of nitrogens with two attached hydrogens (primary N) is 1. The molecule has 0 spiro atoms. The summed E-state index contributed by atoms with van der Waals surface area (Å²) in [5, 5.41) is 0.568. The summed E-state index contributed by atoms with van der Waals surface area (Å²) in [5.41, 5.74) is 7.07. The van der Waals surface area contributed by atoms with Gasteiger partial charge in [0.15, 0.2) is 0 Å². The minimum absolute atomic E-state index is 0.568. The molecule has 1 aromatic rings. The first kappa shape index (κ1) is 12.6. The zero-order valence-corrected chi connectivity index (χ0v) is 10.5. The van der Waals surface area contributed by atoms with E-state index >= 15 is 0 Å². The Morgan fingerprint density at radius 2 is 1.87 bits per heavy atom. The van der Waals surface area contributed by atoms with E-state index in [0.29, 0.717) is 5.25 Å². The molecule has 15 heavy (non-hydrogen) atoms. The molecule has 1 nitrogen and oxygen atoms in total. The fourth-order valence-electron chi connectivity index (χ4n) is 1.47. The lowest BCUT2D eigenvalue weighted by Gasteiger charge is -2.17. The van der Waals surface area contributed by atoms with Crippen molar-refractivity contribution >= 4 is 11.8 Å². The highest BCUT2D eigenvalue weighted by molar-refractivity contribution is 7.99. The first-order valence-corrected chi connectivity index (χ1v) is 6.65. The van der Waals surface area contributed by atoms with Crippen LogP contribution in [-0.4, -0.2) is 12.3 Å². The van der Waals surface area contributed by atoms with Gasteiger partial charge < -0.3 is 5.73 Å². The number of hydrogen-bond donors (Lipinski definition) is 1. The summed E-state index contributed by atoms with van der Waals surface area (Å²) < 4.78 is 0. The van der Waals surface area contributed by atoms with Gasteiger partial charge in [-0.1, -0.05) is 44.2 Å². The van der Waals surface area contributed by atoms with E-state index in [1.165, 1.54) is 11.3 Å². The number of rotatable bonds is 6. The molecule has 1 aromatic carbocycles. The first-order chi connectivity index (χ1) is 7.24. The van der Waals surface area contributed by atoms with Crippen LogP contribution in [0.3, 0.4) is 0 Å². The van der Waals surface area contributed by atoms with Gasteiger partial charge in [0.2, 0.25) is 0 Å². The molecule has 0 saturated carbocycles. The maximum absolute atomic E-state index is 5.66. The van der Waals surface area contributed by atoms with Crippen LogP contribution in [0.2, 0.25) is 0 Å². The molecule has 84 valence electrons. The van der Waals surface area contributed by atoms with E-state index in [1.807, 2.05) is 11.8 Å². The number of benzene rings is 1. The molecular formula is C13H21NS. The van der Waals surface area contributed by atoms with Crippen molar-refractivity contribution in [3.05, 3.63) is 35.9 Å². The lowest BCUT2D eigenvalue weighted by atomic mass is 10.1. The summed E-state index contributed by atoms with van der Waals surface area (Å²) in [7, 11) is 0. The van der Waals surface area contributed by atoms with Crippen LogP contribution in [0.25, 0.3) is 0 Å². The maximum atomic E-state index is 5.66. The summed E-state index contributed by atoms with van der Waals surface area (Å²) in [6, 6.07) is 10.7. The van der Waals surface area contributed by atoms with Gasteiger partial charge >= 0.3 is 0 Å². The SMILES string of the molecule is CC(C)CSC(CCN)c1ccccc1. The monoisotopic (exact) mass is 223 g/mol. The lowest BCUT2D eigenvalue weighted by molar-refractivity contribution is 0.740. The molecule has 1 unspecified atom stereocenters. The molecule has 0 aliphatic heterocycles. The van der Waals surface area contributed by atoms with Gasteiger partial charge in [-0.05, 0) is 30.2 Å². The second-order valence-electron chi connectivity index (χ2n) is 4.20. The van der Waals surface area contributed by atoms with Gasteiger partial charge in [-0.3, -0.25) is 0 Å². The minimum atomic E-state index is 0.568. The van der Waals surface area contributed by atoms with E-state index in [9.17, 15) is 0 Å². The van der Waals surface area contributed by atoms with E-state index in [-0.39, 0.29) is 0 Å². The van der Waals surface area contributed by atoms with E-state index in [1.54, 1.807) is 0 Å². The Labute approximate surface area is 97.4 Å². The largest absolute Gasteiger partial charge is 0.330 e. The second-order valence-corrected chi connectivity index (χ2v) is 5.44. The third-order valence-electron chi connectivity index (χ3n) is 2.23. The van der Waals surface area contributed by atoms with E-state index in [2.05, 4.69) is 44.2 Å². The third-order valence-corrected chi connectivity index (χ3v) is 4.00. The van der Waals surface area contributed by atoms with Gasteiger partial charge in [-0.2, -0.15) is 11.8 Å². The van der Waals surface area contributed by atoms with E-state index in [0.717, 1.165) is 18.9 Å². The third kappa shape index (κ3) is 4.72. The van der Waals surface area contributed by atoms with Crippen molar-refractivity contribution in [3.63, 3.8) is 0 Å². The summed E-state index contributed by atoms with van der Waals surface area (Å²) in [5.74, 6) is 1.96. The molecule has 0 radical (unpaired) electrons. The first-order valence-electron chi connectivity index (χ1n) is 5.60. The average Bonchev–Trinajstić information content (AvgIpc) is 2.25. The molecule has 1 atom stereocenters. The second kappa shape index (κ2) is 6.91. The molecule has 0 saturated heterocycles. The molecule has 2 N–H and O–H groups in total. The molecule has 2 heteroatoms. The highest BCUT2D eigenvalue weighted by Crippen LogP contribution is 2.32. The van der Waals surface area contributed by atoms with Crippen LogP contribution < -0.4 is 5.73 Å². The highest BCUT2D eigenvalue weighted by Gasteiger charge is 2.11. The highest BCUT2D eigenvalue weighted by atomic mass is 32.2. The maximum Gasteiger partial charge on any atom is 0.0309 e. The van der Waals surface area contributed by atoms with Crippen molar-refractivity contribution in [1.29, 1.82) is 0 Å². The Bertz CT molecular complexity index is 258. The molecule has 0 aliphatic carbocycles. The molecule has 0 aromatic heterocycles. The normalized spacial score (nSPS) is 13.1. The summed E-state index contributed by atoms with van der Waals surface area (Å²) in [6.07, 6.45) is 1.07. The van der Waals surface area contributed by atoms with Gasteiger partial charge in [0.05, 0.1) is 0 Å². The van der Waals surface area contributed by atoms with Crippen molar-refractivity contribution in [2.75, 3.05) is 12.3 Å². The fourth-order valence-corrected chi connectivity index (χ4v) is 2.74. The Morgan fingerprint density at radius 1 is 1.20 bits per heavy atom. The minimum Gasteiger partial charge on any atom is -0.330 e. The Hall–Kier alpha value is -0.470. The van der Waals surface area contributed by atoms with Crippen molar-refractivity contribution < 1.29 is 0 Å². The van der Waals surface area contributed by atoms with Crippen LogP contribution in [0.5, 0.6) is 0 Å². The van der Waals surface area contributed by atoms with Crippen molar-refractivity contribution in [2.45, 2.75) is 25.5 Å². The van der Waals surface area contributed by atoms with Crippen molar-refractivity contribution in [2.24, 2.45) is 11.7 Å². The van der Waals surface area contributed by atoms with Gasteiger partial charge in [-0.25, -0.2) is 0 Å². The van der Waals surface area contributed by atoms with Gasteiger partial charge in [0.25, 0.3) is 0 Å². The molecule has 0 bridgehead atoms. The van der Waals surface area contributed by atoms with E-state index < -0.39 is 0 Å². The fraction of sp³-hybridized carbons (Fsp3) is 0.538. The predicted molar refractivity (Wildman–Crippen MR) is 70.2 cm³/mol. The van der Waals surface area contributed by atoms with Crippen LogP contribution in [0.1, 0.15) is 31.1 Å². The van der Waals surface area contributed by atoms with Gasteiger partial charge in [0, 0.05) is 5.25 Å². The summed E-state index contributed by atoms with van der Waals surface area (Å²) in [4.78, 5) is 0. The van der Waals surface area contributed by atoms with Crippen molar-refractivity contribution in [1.82, 2.24) is 0 Å². The average molecular weight is 223 g/mol. The zero-order chi connectivity index (χ0) is 11.1. The molecular weight excluding hydrogens is 202 g/mol. The zero-order valence-electron chi connectivity index (χ0n) is 9.65. The Morgan fingerprint density at radius 3 is 2.40 bits per heavy atom. The molecule has 0 heterocycles. The summed E-state index contributed by atoms with van der Waals surface area (Å²) >= 11 is 2.03. The standard InChI is InChI=1S/C13H21NS/c1-11(2)10-15-13(8-9-14)12-6-4-3-5-7-12/h3-7,11,13H,8-10,14H2,1-2H3. The molecule has 0 amide bonds. The van der Waals surface area contributed by atoms with Crippen LogP contribution in [0, 0.1) is 5.92 Å². The molecule has 0 aliphatic rings. The smallest absolute Gasteiger partial charge is 0.0309 e. The van der Waals surface area contributed by atoms with Crippen LogP contribution in [-0.2, 0) is 0 Å². The Kier molecular flexibility index (Phi) is 5.81. The Balaban J connectivity index is 2.57. The predicted octanol–water partition coefficient (Wildman–Crippen LogP) is 3.47. The van der Waals surface area contributed by atoms with Crippen LogP contribution >= 0.6 is 11.8 Å². The quantitative estimate of drug-likeness (QED) is 0.799. The number of thioether (sulfide) groups is 1. The van der Waals surface area contributed by atoms with Crippen molar-refractivity contribution in [3.8, 4) is 0 Å². The lowest BCUT2D eigenvalue weighted by Crippen LogP contribution is -2.06. The number of hydrogen-bond acceptors (Lipinski definition) is 2. The molecule has 0 fully saturated rings. The summed E-state index contributed by atoms with van der Waals surface area (Å²) in [6.45, 7) is 5.29.